The number of aryl methyl sites for hydroxylation is 2. The Hall–Kier alpha value is -1.71. The van der Waals surface area contributed by atoms with Crippen LogP contribution < -0.4 is 0 Å². The van der Waals surface area contributed by atoms with E-state index in [-0.39, 0.29) is 11.9 Å². The molecular formula is C21H30N4O3S2. The summed E-state index contributed by atoms with van der Waals surface area (Å²) in [6.07, 6.45) is 7.50. The van der Waals surface area contributed by atoms with E-state index in [9.17, 15) is 13.2 Å². The van der Waals surface area contributed by atoms with Crippen LogP contribution in [0.5, 0.6) is 0 Å². The van der Waals surface area contributed by atoms with Gasteiger partial charge in [0.05, 0.1) is 11.4 Å². The van der Waals surface area contributed by atoms with Crippen LogP contribution in [0, 0.1) is 6.92 Å². The standard InChI is InChI=1S/C21H30N4O3S2/c1-4-16-9-5-6-12-25(16)30(27,28)17-13-18(23(3)14-17)20-22-15(2)19(29-20)21(26)24-10-7-8-11-24/h13-14,16H,4-12H2,1-3H3/t16-/m0/s1. The van der Waals surface area contributed by atoms with Gasteiger partial charge in [-0.15, -0.1) is 11.3 Å². The van der Waals surface area contributed by atoms with Gasteiger partial charge in [-0.1, -0.05) is 13.3 Å². The van der Waals surface area contributed by atoms with Crippen molar-refractivity contribution in [3.63, 3.8) is 0 Å². The van der Waals surface area contributed by atoms with Gasteiger partial charge in [0.2, 0.25) is 10.0 Å². The third-order valence-electron chi connectivity index (χ3n) is 6.23. The normalized spacial score (nSPS) is 20.8. The number of nitrogens with zero attached hydrogens (tertiary/aromatic N) is 4. The van der Waals surface area contributed by atoms with E-state index in [0.717, 1.165) is 57.3 Å². The van der Waals surface area contributed by atoms with E-state index in [4.69, 9.17) is 0 Å². The van der Waals surface area contributed by atoms with Crippen LogP contribution in [0.3, 0.4) is 0 Å². The lowest BCUT2D eigenvalue weighted by molar-refractivity contribution is 0.0796. The van der Waals surface area contributed by atoms with E-state index >= 15 is 0 Å². The molecule has 0 unspecified atom stereocenters. The summed E-state index contributed by atoms with van der Waals surface area (Å²) >= 11 is 1.35. The van der Waals surface area contributed by atoms with Crippen LogP contribution in [0.1, 0.15) is 60.8 Å². The molecule has 0 spiro atoms. The molecule has 1 atom stereocenters. The molecular weight excluding hydrogens is 420 g/mol. The molecule has 4 heterocycles. The van der Waals surface area contributed by atoms with Crippen LogP contribution in [0.25, 0.3) is 10.7 Å². The van der Waals surface area contributed by atoms with Gasteiger partial charge < -0.3 is 9.47 Å². The molecule has 2 aromatic rings. The molecule has 9 heteroatoms. The average Bonchev–Trinajstić information content (AvgIpc) is 3.47. The summed E-state index contributed by atoms with van der Waals surface area (Å²) in [7, 11) is -1.72. The molecule has 2 saturated heterocycles. The number of carbonyl (C=O) groups excluding carboxylic acids is 1. The number of sulfonamides is 1. The number of hydrogen-bond donors (Lipinski definition) is 0. The summed E-state index contributed by atoms with van der Waals surface area (Å²) in [6.45, 7) is 6.07. The van der Waals surface area contributed by atoms with E-state index in [2.05, 4.69) is 4.98 Å². The summed E-state index contributed by atoms with van der Waals surface area (Å²) in [5, 5.41) is 0.685. The second kappa shape index (κ2) is 8.43. The number of rotatable bonds is 5. The lowest BCUT2D eigenvalue weighted by atomic mass is 10.0. The Morgan fingerprint density at radius 3 is 2.60 bits per heavy atom. The monoisotopic (exact) mass is 450 g/mol. The van der Waals surface area contributed by atoms with Crippen LogP contribution >= 0.6 is 11.3 Å². The van der Waals surface area contributed by atoms with E-state index in [1.165, 1.54) is 11.3 Å². The maximum absolute atomic E-state index is 13.3. The van der Waals surface area contributed by atoms with Crippen molar-refractivity contribution in [2.75, 3.05) is 19.6 Å². The Bertz CT molecular complexity index is 1030. The maximum Gasteiger partial charge on any atom is 0.265 e. The highest BCUT2D eigenvalue weighted by molar-refractivity contribution is 7.89. The molecule has 164 valence electrons. The van der Waals surface area contributed by atoms with Gasteiger partial charge in [-0.25, -0.2) is 13.4 Å². The average molecular weight is 451 g/mol. The third kappa shape index (κ3) is 3.83. The Labute approximate surface area is 182 Å². The molecule has 30 heavy (non-hydrogen) atoms. The highest BCUT2D eigenvalue weighted by atomic mass is 32.2. The van der Waals surface area contributed by atoms with E-state index in [1.54, 1.807) is 21.1 Å². The number of carbonyl (C=O) groups is 1. The predicted octanol–water partition coefficient (Wildman–Crippen LogP) is 3.65. The lowest BCUT2D eigenvalue weighted by Gasteiger charge is -2.33. The first kappa shape index (κ1) is 21.5. The van der Waals surface area contributed by atoms with E-state index < -0.39 is 10.0 Å². The second-order valence-electron chi connectivity index (χ2n) is 8.28. The molecule has 2 fully saturated rings. The maximum atomic E-state index is 13.3. The molecule has 1 amide bonds. The third-order valence-corrected chi connectivity index (χ3v) is 9.32. The van der Waals surface area contributed by atoms with Crippen LogP contribution in [-0.2, 0) is 17.1 Å². The van der Waals surface area contributed by atoms with Crippen LogP contribution in [0.2, 0.25) is 0 Å². The number of likely N-dealkylation sites (tertiary alicyclic amines) is 1. The summed E-state index contributed by atoms with van der Waals surface area (Å²) in [5.41, 5.74) is 1.44. The Morgan fingerprint density at radius 1 is 1.20 bits per heavy atom. The molecule has 0 saturated carbocycles. The zero-order valence-electron chi connectivity index (χ0n) is 17.9. The summed E-state index contributed by atoms with van der Waals surface area (Å²) < 4.78 is 30.2. The first-order valence-electron chi connectivity index (χ1n) is 10.8. The predicted molar refractivity (Wildman–Crippen MR) is 118 cm³/mol. The fourth-order valence-corrected chi connectivity index (χ4v) is 7.42. The second-order valence-corrected chi connectivity index (χ2v) is 11.2. The molecule has 0 aliphatic carbocycles. The van der Waals surface area contributed by atoms with Crippen molar-refractivity contribution in [3.8, 4) is 10.7 Å². The first-order valence-corrected chi connectivity index (χ1v) is 13.0. The molecule has 0 bridgehead atoms. The van der Waals surface area contributed by atoms with E-state index in [1.807, 2.05) is 25.8 Å². The Balaban J connectivity index is 1.64. The smallest absolute Gasteiger partial charge is 0.265 e. The number of aromatic nitrogens is 2. The van der Waals surface area contributed by atoms with Gasteiger partial charge in [-0.05, 0) is 45.1 Å². The summed E-state index contributed by atoms with van der Waals surface area (Å²) in [5.74, 6) is 0.0370. The van der Waals surface area contributed by atoms with Crippen molar-refractivity contribution in [2.24, 2.45) is 7.05 Å². The number of thiazole rings is 1. The number of piperidine rings is 1. The molecule has 4 rings (SSSR count). The zero-order chi connectivity index (χ0) is 21.5. The zero-order valence-corrected chi connectivity index (χ0v) is 19.6. The molecule has 2 aromatic heterocycles. The minimum atomic E-state index is -3.55. The molecule has 2 aliphatic heterocycles. The van der Waals surface area contributed by atoms with Crippen molar-refractivity contribution in [2.45, 2.75) is 63.3 Å². The lowest BCUT2D eigenvalue weighted by Crippen LogP contribution is -2.43. The van der Waals surface area contributed by atoms with Crippen molar-refractivity contribution < 1.29 is 13.2 Å². The Kier molecular flexibility index (Phi) is 6.05. The van der Waals surface area contributed by atoms with Crippen LogP contribution in [0.15, 0.2) is 17.2 Å². The molecule has 0 radical (unpaired) electrons. The van der Waals surface area contributed by atoms with Gasteiger partial charge in [-0.3, -0.25) is 4.79 Å². The van der Waals surface area contributed by atoms with Gasteiger partial charge in [0, 0.05) is 38.9 Å². The van der Waals surface area contributed by atoms with E-state index in [0.29, 0.717) is 27.0 Å². The van der Waals surface area contributed by atoms with Gasteiger partial charge in [0.25, 0.3) is 5.91 Å². The Morgan fingerprint density at radius 2 is 1.90 bits per heavy atom. The van der Waals surface area contributed by atoms with Crippen LogP contribution in [-0.4, -0.2) is 58.8 Å². The highest BCUT2D eigenvalue weighted by Gasteiger charge is 2.34. The van der Waals surface area contributed by atoms with Gasteiger partial charge in [0.1, 0.15) is 14.8 Å². The molecule has 2 aliphatic rings. The summed E-state index contributed by atoms with van der Waals surface area (Å²) in [4.78, 5) is 20.3. The summed E-state index contributed by atoms with van der Waals surface area (Å²) in [6, 6.07) is 1.78. The van der Waals surface area contributed by atoms with Gasteiger partial charge in [-0.2, -0.15) is 4.31 Å². The fourth-order valence-electron chi connectivity index (χ4n) is 4.49. The van der Waals surface area contributed by atoms with Crippen molar-refractivity contribution in [1.29, 1.82) is 0 Å². The molecule has 0 aromatic carbocycles. The SMILES string of the molecule is CC[C@H]1CCCCN1S(=O)(=O)c1cc(-c2nc(C)c(C(=O)N3CCCC3)s2)n(C)c1. The molecule has 7 nitrogen and oxygen atoms in total. The van der Waals surface area contributed by atoms with Crippen molar-refractivity contribution in [3.05, 3.63) is 22.8 Å². The highest BCUT2D eigenvalue weighted by Crippen LogP contribution is 2.33. The fraction of sp³-hybridized carbons (Fsp3) is 0.619. The number of amides is 1. The van der Waals surface area contributed by atoms with Gasteiger partial charge in [0.15, 0.2) is 0 Å². The molecule has 0 N–H and O–H groups in total. The first-order chi connectivity index (χ1) is 14.3. The van der Waals surface area contributed by atoms with Crippen molar-refractivity contribution in [1.82, 2.24) is 18.8 Å². The van der Waals surface area contributed by atoms with Crippen LogP contribution in [0.4, 0.5) is 0 Å². The van der Waals surface area contributed by atoms with Crippen molar-refractivity contribution >= 4 is 27.3 Å². The topological polar surface area (TPSA) is 75.5 Å². The quantitative estimate of drug-likeness (QED) is 0.697. The largest absolute Gasteiger partial charge is 0.347 e. The number of hydrogen-bond acceptors (Lipinski definition) is 5. The minimum absolute atomic E-state index is 0.0370. The minimum Gasteiger partial charge on any atom is -0.347 e. The van der Waals surface area contributed by atoms with Gasteiger partial charge >= 0.3 is 0 Å².